The van der Waals surface area contributed by atoms with Crippen LogP contribution in [0.15, 0.2) is 109 Å². The van der Waals surface area contributed by atoms with E-state index < -0.39 is 0 Å². The number of benzene rings is 6. The van der Waals surface area contributed by atoms with Gasteiger partial charge in [-0.25, -0.2) is 0 Å². The van der Waals surface area contributed by atoms with Crippen LogP contribution in [0.4, 0.5) is 0 Å². The van der Waals surface area contributed by atoms with Gasteiger partial charge in [0.15, 0.2) is 0 Å². The summed E-state index contributed by atoms with van der Waals surface area (Å²) in [4.78, 5) is 0. The maximum absolute atomic E-state index is 6.66. The first-order chi connectivity index (χ1) is 15.7. The van der Waals surface area contributed by atoms with Crippen molar-refractivity contribution in [3.8, 4) is 22.3 Å². The molecule has 0 spiro atoms. The highest BCUT2D eigenvalue weighted by atomic mass is 35.5. The normalized spacial score (nSPS) is 11.4. The topological polar surface area (TPSA) is 0 Å². The van der Waals surface area contributed by atoms with Gasteiger partial charge in [-0.3, -0.25) is 0 Å². The lowest BCUT2D eigenvalue weighted by Gasteiger charge is -2.17. The van der Waals surface area contributed by atoms with Crippen molar-refractivity contribution in [3.63, 3.8) is 0 Å². The molecule has 6 aromatic rings. The predicted octanol–water partition coefficient (Wildman–Crippen LogP) is 9.44. The van der Waals surface area contributed by atoms with E-state index in [4.69, 9.17) is 11.6 Å². The molecule has 6 rings (SSSR count). The van der Waals surface area contributed by atoms with E-state index in [2.05, 4.69) is 116 Å². The van der Waals surface area contributed by atoms with Gasteiger partial charge in [-0.05, 0) is 91.3 Å². The van der Waals surface area contributed by atoms with Gasteiger partial charge in [0.1, 0.15) is 0 Å². The fraction of sp³-hybridized carbons (Fsp3) is 0.0323. The summed E-state index contributed by atoms with van der Waals surface area (Å²) >= 11 is 6.66. The molecule has 32 heavy (non-hydrogen) atoms. The minimum Gasteiger partial charge on any atom is -0.0840 e. The number of hydrogen-bond donors (Lipinski definition) is 0. The highest BCUT2D eigenvalue weighted by Gasteiger charge is 2.15. The molecule has 0 aliphatic rings. The summed E-state index contributed by atoms with van der Waals surface area (Å²) in [5.74, 6) is 0. The summed E-state index contributed by atoms with van der Waals surface area (Å²) in [6.07, 6.45) is 0. The molecular weight excluding hydrogens is 408 g/mol. The van der Waals surface area contributed by atoms with Gasteiger partial charge in [-0.1, -0.05) is 96.5 Å². The molecule has 0 atom stereocenters. The number of hydrogen-bond acceptors (Lipinski definition) is 0. The zero-order valence-electron chi connectivity index (χ0n) is 17.8. The third-order valence-corrected chi connectivity index (χ3v) is 6.83. The molecule has 6 aromatic carbocycles. The molecule has 0 aromatic heterocycles. The molecule has 0 nitrogen and oxygen atoms in total. The summed E-state index contributed by atoms with van der Waals surface area (Å²) in [6, 6.07) is 39.1. The quantitative estimate of drug-likeness (QED) is 0.241. The first-order valence-corrected chi connectivity index (χ1v) is 11.3. The van der Waals surface area contributed by atoms with Crippen molar-refractivity contribution >= 4 is 43.9 Å². The second-order valence-corrected chi connectivity index (χ2v) is 8.78. The Morgan fingerprint density at radius 2 is 0.906 bits per heavy atom. The second-order valence-electron chi connectivity index (χ2n) is 8.37. The van der Waals surface area contributed by atoms with E-state index in [0.717, 1.165) is 10.6 Å². The lowest BCUT2D eigenvalue weighted by molar-refractivity contribution is 1.51. The Labute approximate surface area is 192 Å². The van der Waals surface area contributed by atoms with Crippen LogP contribution >= 0.6 is 11.6 Å². The molecule has 0 unspecified atom stereocenters. The molecule has 0 fully saturated rings. The van der Waals surface area contributed by atoms with Crippen LogP contribution in [0, 0.1) is 6.92 Å². The predicted molar refractivity (Wildman–Crippen MR) is 140 cm³/mol. The van der Waals surface area contributed by atoms with E-state index in [1.807, 2.05) is 0 Å². The Kier molecular flexibility index (Phi) is 4.48. The minimum atomic E-state index is 0.804. The van der Waals surface area contributed by atoms with Gasteiger partial charge >= 0.3 is 0 Å². The van der Waals surface area contributed by atoms with E-state index in [1.54, 1.807) is 0 Å². The smallest absolute Gasteiger partial charge is 0.0441 e. The highest BCUT2D eigenvalue weighted by molar-refractivity contribution is 6.33. The Morgan fingerprint density at radius 1 is 0.438 bits per heavy atom. The number of halogens is 1. The van der Waals surface area contributed by atoms with Gasteiger partial charge in [-0.2, -0.15) is 0 Å². The maximum Gasteiger partial charge on any atom is 0.0441 e. The van der Waals surface area contributed by atoms with Gasteiger partial charge in [0, 0.05) is 5.02 Å². The van der Waals surface area contributed by atoms with Crippen molar-refractivity contribution in [1.29, 1.82) is 0 Å². The van der Waals surface area contributed by atoms with Crippen LogP contribution in [0.5, 0.6) is 0 Å². The molecular formula is C31H21Cl. The minimum absolute atomic E-state index is 0.804. The summed E-state index contributed by atoms with van der Waals surface area (Å²) < 4.78 is 0. The van der Waals surface area contributed by atoms with E-state index in [1.165, 1.54) is 54.6 Å². The number of fused-ring (bicyclic) bond motifs is 5. The standard InChI is InChI=1S/C31H21Cl/c1-20-16-27-26(22-12-6-3-7-13-22)18-28-24-15-9-8-14-23(24)25(21-10-4-2-5-11-21)17-29(28)30(27)19-31(20)32/h2-19H,1H3. The summed E-state index contributed by atoms with van der Waals surface area (Å²) in [7, 11) is 0. The Morgan fingerprint density at radius 3 is 1.53 bits per heavy atom. The van der Waals surface area contributed by atoms with Crippen molar-refractivity contribution in [2.45, 2.75) is 6.92 Å². The van der Waals surface area contributed by atoms with Crippen LogP contribution in [-0.4, -0.2) is 0 Å². The molecule has 0 bridgehead atoms. The van der Waals surface area contributed by atoms with Crippen molar-refractivity contribution in [2.75, 3.05) is 0 Å². The zero-order valence-corrected chi connectivity index (χ0v) is 18.5. The maximum atomic E-state index is 6.66. The van der Waals surface area contributed by atoms with E-state index in [0.29, 0.717) is 0 Å². The molecule has 0 heterocycles. The Bertz CT molecular complexity index is 1610. The molecule has 0 N–H and O–H groups in total. The van der Waals surface area contributed by atoms with Crippen molar-refractivity contribution < 1.29 is 0 Å². The van der Waals surface area contributed by atoms with Crippen LogP contribution in [0.1, 0.15) is 5.56 Å². The molecule has 0 amide bonds. The lowest BCUT2D eigenvalue weighted by atomic mass is 9.87. The summed E-state index contributed by atoms with van der Waals surface area (Å²) in [5.41, 5.74) is 6.03. The third-order valence-electron chi connectivity index (χ3n) is 6.42. The first kappa shape index (κ1) is 19.1. The van der Waals surface area contributed by atoms with Gasteiger partial charge in [-0.15, -0.1) is 0 Å². The van der Waals surface area contributed by atoms with Crippen LogP contribution in [-0.2, 0) is 0 Å². The SMILES string of the molecule is Cc1cc2c(-c3ccccc3)cc3c4ccccc4c(-c4ccccc4)cc3c2cc1Cl. The second kappa shape index (κ2) is 7.51. The van der Waals surface area contributed by atoms with Gasteiger partial charge in [0.2, 0.25) is 0 Å². The molecule has 0 aliphatic carbocycles. The number of rotatable bonds is 2. The van der Waals surface area contributed by atoms with E-state index >= 15 is 0 Å². The Hall–Kier alpha value is -3.61. The molecule has 152 valence electrons. The van der Waals surface area contributed by atoms with E-state index in [9.17, 15) is 0 Å². The molecule has 0 aliphatic heterocycles. The van der Waals surface area contributed by atoms with Crippen molar-refractivity contribution in [2.24, 2.45) is 0 Å². The lowest BCUT2D eigenvalue weighted by Crippen LogP contribution is -1.90. The highest BCUT2D eigenvalue weighted by Crippen LogP contribution is 2.42. The van der Waals surface area contributed by atoms with Crippen LogP contribution in [0.3, 0.4) is 0 Å². The third kappa shape index (κ3) is 2.99. The molecule has 0 saturated heterocycles. The fourth-order valence-corrected chi connectivity index (χ4v) is 5.00. The average molecular weight is 429 g/mol. The fourth-order valence-electron chi connectivity index (χ4n) is 4.84. The first-order valence-electron chi connectivity index (χ1n) is 10.9. The van der Waals surface area contributed by atoms with Crippen LogP contribution < -0.4 is 0 Å². The van der Waals surface area contributed by atoms with Gasteiger partial charge in [0.25, 0.3) is 0 Å². The van der Waals surface area contributed by atoms with Gasteiger partial charge < -0.3 is 0 Å². The van der Waals surface area contributed by atoms with Crippen molar-refractivity contribution in [3.05, 3.63) is 120 Å². The summed E-state index contributed by atoms with van der Waals surface area (Å²) in [5, 5.41) is 8.26. The Balaban J connectivity index is 1.84. The zero-order chi connectivity index (χ0) is 21.7. The van der Waals surface area contributed by atoms with Crippen LogP contribution in [0.2, 0.25) is 5.02 Å². The largest absolute Gasteiger partial charge is 0.0840 e. The van der Waals surface area contributed by atoms with Gasteiger partial charge in [0.05, 0.1) is 0 Å². The van der Waals surface area contributed by atoms with Crippen molar-refractivity contribution in [1.82, 2.24) is 0 Å². The molecule has 0 radical (unpaired) electrons. The monoisotopic (exact) mass is 428 g/mol. The summed E-state index contributed by atoms with van der Waals surface area (Å²) in [6.45, 7) is 2.08. The average Bonchev–Trinajstić information content (AvgIpc) is 2.85. The number of aryl methyl sites for hydroxylation is 1. The molecule has 1 heteroatoms. The molecule has 0 saturated carbocycles. The van der Waals surface area contributed by atoms with Crippen LogP contribution in [0.25, 0.3) is 54.6 Å². The van der Waals surface area contributed by atoms with E-state index in [-0.39, 0.29) is 0 Å².